The number of carbonyl (C=O) groups excluding carboxylic acids is 1. The van der Waals surface area contributed by atoms with Gasteiger partial charge in [-0.1, -0.05) is 42.5 Å². The quantitative estimate of drug-likeness (QED) is 0.512. The molecule has 1 heterocycles. The smallest absolute Gasteiger partial charge is 0.261 e. The van der Waals surface area contributed by atoms with Gasteiger partial charge in [0.1, 0.15) is 18.5 Å². The third-order valence-electron chi connectivity index (χ3n) is 5.70. The van der Waals surface area contributed by atoms with Gasteiger partial charge in [0.25, 0.3) is 10.0 Å². The van der Waals surface area contributed by atoms with Gasteiger partial charge in [-0.15, -0.1) is 0 Å². The maximum Gasteiger partial charge on any atom is 0.261 e. The van der Waals surface area contributed by atoms with Crippen LogP contribution in [0.2, 0.25) is 0 Å². The fraction of sp³-hybridized carbons (Fsp3) is 0.240. The van der Waals surface area contributed by atoms with Crippen LogP contribution >= 0.6 is 0 Å². The number of aliphatic hydroxyl groups excluding tert-OH is 1. The number of rotatable bonds is 8. The minimum Gasteiger partial charge on any atom is -0.497 e. The van der Waals surface area contributed by atoms with Crippen molar-refractivity contribution < 1.29 is 27.8 Å². The molecule has 34 heavy (non-hydrogen) atoms. The van der Waals surface area contributed by atoms with E-state index < -0.39 is 22.2 Å². The van der Waals surface area contributed by atoms with Crippen LogP contribution in [0.1, 0.15) is 17.2 Å². The fourth-order valence-electron chi connectivity index (χ4n) is 3.90. The molecule has 1 fully saturated rings. The number of nitrogens with one attached hydrogen (secondary N) is 1. The third-order valence-corrected chi connectivity index (χ3v) is 7.10. The highest BCUT2D eigenvalue weighted by Crippen LogP contribution is 2.31. The van der Waals surface area contributed by atoms with Crippen molar-refractivity contribution >= 4 is 21.6 Å². The van der Waals surface area contributed by atoms with E-state index in [1.54, 1.807) is 54.5 Å². The number of methoxy groups -OCH3 is 1. The molecule has 4 rings (SSSR count). The number of morpholine rings is 1. The molecule has 0 saturated carbocycles. The number of amides is 1. The normalized spacial score (nSPS) is 18.5. The summed E-state index contributed by atoms with van der Waals surface area (Å²) in [6, 6.07) is 21.6. The molecule has 0 spiro atoms. The van der Waals surface area contributed by atoms with E-state index in [9.17, 15) is 18.3 Å². The van der Waals surface area contributed by atoms with Crippen molar-refractivity contribution in [3.63, 3.8) is 0 Å². The molecule has 0 aliphatic carbocycles. The van der Waals surface area contributed by atoms with Crippen molar-refractivity contribution in [1.82, 2.24) is 4.90 Å². The van der Waals surface area contributed by atoms with Crippen LogP contribution in [-0.4, -0.2) is 50.7 Å². The standard InChI is InChI=1S/C25H26N2O6S/c1-32-21-13-7-18(8-14-21)15-27-23(16-28)25(33-17-24(27)29)19-9-11-20(12-10-19)26-34(30,31)22-5-3-2-4-6-22/h2-14,23,25-26,28H,15-17H2,1H3/t23-,25-/m1/s1. The van der Waals surface area contributed by atoms with Gasteiger partial charge >= 0.3 is 0 Å². The van der Waals surface area contributed by atoms with Crippen LogP contribution < -0.4 is 9.46 Å². The van der Waals surface area contributed by atoms with E-state index in [0.29, 0.717) is 12.2 Å². The van der Waals surface area contributed by atoms with E-state index in [0.717, 1.165) is 16.9 Å². The summed E-state index contributed by atoms with van der Waals surface area (Å²) in [5, 5.41) is 10.1. The number of hydrogen-bond donors (Lipinski definition) is 2. The van der Waals surface area contributed by atoms with E-state index >= 15 is 0 Å². The fourth-order valence-corrected chi connectivity index (χ4v) is 4.98. The van der Waals surface area contributed by atoms with E-state index in [4.69, 9.17) is 9.47 Å². The highest BCUT2D eigenvalue weighted by molar-refractivity contribution is 7.92. The number of ether oxygens (including phenoxy) is 2. The maximum atomic E-state index is 12.6. The first-order valence-electron chi connectivity index (χ1n) is 10.7. The minimum atomic E-state index is -3.71. The molecule has 1 aliphatic rings. The summed E-state index contributed by atoms with van der Waals surface area (Å²) in [6.45, 7) is -0.0719. The first kappa shape index (κ1) is 23.7. The SMILES string of the molecule is COc1ccc(CN2C(=O)CO[C@H](c3ccc(NS(=O)(=O)c4ccccc4)cc3)[C@H]2CO)cc1. The molecule has 178 valence electrons. The number of hydrogen-bond acceptors (Lipinski definition) is 6. The predicted molar refractivity (Wildman–Crippen MR) is 127 cm³/mol. The highest BCUT2D eigenvalue weighted by atomic mass is 32.2. The van der Waals surface area contributed by atoms with Crippen molar-refractivity contribution in [3.8, 4) is 5.75 Å². The van der Waals surface area contributed by atoms with Crippen molar-refractivity contribution in [3.05, 3.63) is 90.0 Å². The topological polar surface area (TPSA) is 105 Å². The van der Waals surface area contributed by atoms with Gasteiger partial charge in [0.15, 0.2) is 0 Å². The Kier molecular flexibility index (Phi) is 7.16. The molecule has 3 aromatic rings. The summed E-state index contributed by atoms with van der Waals surface area (Å²) in [5.74, 6) is 0.509. The van der Waals surface area contributed by atoms with Gasteiger partial charge in [-0.2, -0.15) is 0 Å². The molecule has 0 radical (unpaired) electrons. The van der Waals surface area contributed by atoms with E-state index in [-0.39, 0.29) is 24.0 Å². The van der Waals surface area contributed by atoms with Gasteiger partial charge in [-0.3, -0.25) is 9.52 Å². The summed E-state index contributed by atoms with van der Waals surface area (Å²) in [4.78, 5) is 14.4. The van der Waals surface area contributed by atoms with Crippen LogP contribution in [0.4, 0.5) is 5.69 Å². The number of anilines is 1. The van der Waals surface area contributed by atoms with E-state index in [1.165, 1.54) is 12.1 Å². The Labute approximate surface area is 198 Å². The first-order valence-corrected chi connectivity index (χ1v) is 12.2. The van der Waals surface area contributed by atoms with Crippen molar-refractivity contribution in [2.24, 2.45) is 0 Å². The summed E-state index contributed by atoms with van der Waals surface area (Å²) >= 11 is 0. The molecule has 2 atom stereocenters. The van der Waals surface area contributed by atoms with Crippen molar-refractivity contribution in [2.45, 2.75) is 23.6 Å². The molecule has 0 unspecified atom stereocenters. The highest BCUT2D eigenvalue weighted by Gasteiger charge is 2.37. The molecular weight excluding hydrogens is 456 g/mol. The number of aliphatic hydroxyl groups is 1. The van der Waals surface area contributed by atoms with Gasteiger partial charge in [0, 0.05) is 12.2 Å². The lowest BCUT2D eigenvalue weighted by molar-refractivity contribution is -0.162. The Morgan fingerprint density at radius 3 is 2.32 bits per heavy atom. The Hall–Kier alpha value is -3.40. The number of benzene rings is 3. The lowest BCUT2D eigenvalue weighted by atomic mass is 9.98. The van der Waals surface area contributed by atoms with Crippen LogP contribution in [0.5, 0.6) is 5.75 Å². The summed E-state index contributed by atoms with van der Waals surface area (Å²) in [5.41, 5.74) is 2.03. The van der Waals surface area contributed by atoms with Crippen LogP contribution in [0.3, 0.4) is 0 Å². The van der Waals surface area contributed by atoms with Gasteiger partial charge in [-0.05, 0) is 47.5 Å². The molecule has 9 heteroatoms. The molecule has 3 aromatic carbocycles. The molecule has 0 bridgehead atoms. The van der Waals surface area contributed by atoms with Crippen LogP contribution in [0.25, 0.3) is 0 Å². The number of nitrogens with zero attached hydrogens (tertiary/aromatic N) is 1. The number of carbonyl (C=O) groups is 1. The molecule has 8 nitrogen and oxygen atoms in total. The molecule has 1 aliphatic heterocycles. The second kappa shape index (κ2) is 10.3. The largest absolute Gasteiger partial charge is 0.497 e. The second-order valence-electron chi connectivity index (χ2n) is 7.89. The van der Waals surface area contributed by atoms with Crippen LogP contribution in [0.15, 0.2) is 83.8 Å². The average molecular weight is 483 g/mol. The Bertz CT molecular complexity index is 1210. The molecule has 2 N–H and O–H groups in total. The summed E-state index contributed by atoms with van der Waals surface area (Å²) in [7, 11) is -2.12. The van der Waals surface area contributed by atoms with Gasteiger partial charge in [-0.25, -0.2) is 8.42 Å². The number of sulfonamides is 1. The monoisotopic (exact) mass is 482 g/mol. The lowest BCUT2D eigenvalue weighted by Crippen LogP contribution is -2.52. The van der Waals surface area contributed by atoms with Crippen LogP contribution in [-0.2, 0) is 26.1 Å². The van der Waals surface area contributed by atoms with E-state index in [2.05, 4.69) is 4.72 Å². The van der Waals surface area contributed by atoms with Gasteiger partial charge in [0.2, 0.25) is 5.91 Å². The average Bonchev–Trinajstić information content (AvgIpc) is 2.86. The van der Waals surface area contributed by atoms with Crippen LogP contribution in [0, 0.1) is 0 Å². The Morgan fingerprint density at radius 2 is 1.71 bits per heavy atom. The molecule has 1 saturated heterocycles. The van der Waals surface area contributed by atoms with E-state index in [1.807, 2.05) is 24.3 Å². The zero-order chi connectivity index (χ0) is 24.1. The van der Waals surface area contributed by atoms with Gasteiger partial charge in [0.05, 0.1) is 24.7 Å². The summed E-state index contributed by atoms with van der Waals surface area (Å²) in [6.07, 6.45) is -0.555. The zero-order valence-corrected chi connectivity index (χ0v) is 19.4. The van der Waals surface area contributed by atoms with Crippen molar-refractivity contribution in [2.75, 3.05) is 25.0 Å². The van der Waals surface area contributed by atoms with Crippen molar-refractivity contribution in [1.29, 1.82) is 0 Å². The molecular formula is C25H26N2O6S. The third kappa shape index (κ3) is 5.22. The Morgan fingerprint density at radius 1 is 1.03 bits per heavy atom. The maximum absolute atomic E-state index is 12.6. The zero-order valence-electron chi connectivity index (χ0n) is 18.6. The molecule has 1 amide bonds. The Balaban J connectivity index is 1.50. The predicted octanol–water partition coefficient (Wildman–Crippen LogP) is 2.96. The summed E-state index contributed by atoms with van der Waals surface area (Å²) < 4.78 is 38.6. The molecule has 0 aromatic heterocycles. The first-order chi connectivity index (χ1) is 16.4. The minimum absolute atomic E-state index is 0.111. The van der Waals surface area contributed by atoms with Gasteiger partial charge < -0.3 is 19.5 Å². The lowest BCUT2D eigenvalue weighted by Gasteiger charge is -2.40. The second-order valence-corrected chi connectivity index (χ2v) is 9.57.